The Labute approximate surface area is 145 Å². The second-order valence-electron chi connectivity index (χ2n) is 6.07. The van der Waals surface area contributed by atoms with Crippen LogP contribution < -0.4 is 10.1 Å². The van der Waals surface area contributed by atoms with Crippen LogP contribution >= 0.6 is 0 Å². The van der Waals surface area contributed by atoms with E-state index in [-0.39, 0.29) is 5.91 Å². The number of carbonyl (C=O) groups excluding carboxylic acids is 2. The molecule has 0 atom stereocenters. The van der Waals surface area contributed by atoms with Crippen LogP contribution in [-0.2, 0) is 24.4 Å². The Kier molecular flexibility index (Phi) is 3.80. The Hall–Kier alpha value is -3.02. The second-order valence-corrected chi connectivity index (χ2v) is 6.07. The van der Waals surface area contributed by atoms with E-state index in [1.165, 1.54) is 0 Å². The Balaban J connectivity index is 1.56. The fourth-order valence-electron chi connectivity index (χ4n) is 3.23. The maximum atomic E-state index is 12.7. The van der Waals surface area contributed by atoms with Crippen LogP contribution in [0.2, 0.25) is 0 Å². The molecule has 6 nitrogen and oxygen atoms in total. The minimum absolute atomic E-state index is 0.0446. The predicted octanol–water partition coefficient (Wildman–Crippen LogP) is 3.30. The van der Waals surface area contributed by atoms with Crippen LogP contribution in [0.5, 0.6) is 5.75 Å². The fourth-order valence-corrected chi connectivity index (χ4v) is 3.23. The largest absolute Gasteiger partial charge is 0.489 e. The van der Waals surface area contributed by atoms with Gasteiger partial charge in [0, 0.05) is 35.5 Å². The normalized spacial score (nSPS) is 14.3. The lowest BCUT2D eigenvalue weighted by Gasteiger charge is -2.16. The SMILES string of the molecule is CCOC(=O)Nc1cccc2c1CN(Cc1ccc3cc1OC3)C2=O. The zero-order valence-electron chi connectivity index (χ0n) is 13.9. The number of nitrogens with zero attached hydrogens (tertiary/aromatic N) is 1. The first kappa shape index (κ1) is 15.5. The number of anilines is 1. The molecule has 0 fully saturated rings. The lowest BCUT2D eigenvalue weighted by Crippen LogP contribution is -2.23. The van der Waals surface area contributed by atoms with Crippen molar-refractivity contribution in [3.8, 4) is 5.75 Å². The number of hydrogen-bond donors (Lipinski definition) is 1. The molecule has 0 aromatic heterocycles. The highest BCUT2D eigenvalue weighted by atomic mass is 16.5. The van der Waals surface area contributed by atoms with Gasteiger partial charge in [-0.05, 0) is 30.7 Å². The molecular weight excluding hydrogens is 320 g/mol. The van der Waals surface area contributed by atoms with Gasteiger partial charge in [-0.15, -0.1) is 0 Å². The number of fused-ring (bicyclic) bond motifs is 3. The van der Waals surface area contributed by atoms with Crippen LogP contribution in [0, 0.1) is 0 Å². The third-order valence-corrected chi connectivity index (χ3v) is 4.44. The van der Waals surface area contributed by atoms with Crippen molar-refractivity contribution in [3.63, 3.8) is 0 Å². The molecule has 2 aromatic rings. The molecule has 1 N–H and O–H groups in total. The number of benzene rings is 2. The molecule has 2 bridgehead atoms. The zero-order valence-corrected chi connectivity index (χ0v) is 13.9. The van der Waals surface area contributed by atoms with Crippen molar-refractivity contribution in [1.82, 2.24) is 4.90 Å². The van der Waals surface area contributed by atoms with E-state index in [4.69, 9.17) is 9.47 Å². The maximum Gasteiger partial charge on any atom is 0.411 e. The Morgan fingerprint density at radius 2 is 2.20 bits per heavy atom. The predicted molar refractivity (Wildman–Crippen MR) is 91.4 cm³/mol. The Morgan fingerprint density at radius 3 is 3.04 bits per heavy atom. The first-order valence-corrected chi connectivity index (χ1v) is 8.25. The Bertz CT molecular complexity index is 862. The van der Waals surface area contributed by atoms with Crippen molar-refractivity contribution < 1.29 is 19.1 Å². The van der Waals surface area contributed by atoms with E-state index >= 15 is 0 Å². The monoisotopic (exact) mass is 338 g/mol. The van der Waals surface area contributed by atoms with Crippen molar-refractivity contribution in [2.75, 3.05) is 11.9 Å². The summed E-state index contributed by atoms with van der Waals surface area (Å²) in [5.41, 5.74) is 4.18. The standard InChI is InChI=1S/C19H18N2O4/c1-2-24-19(23)20-16-5-3-4-14-15(16)10-21(18(14)22)9-13-7-6-12-8-17(13)25-11-12/h3-8H,2,9-11H2,1H3,(H,20,23). The van der Waals surface area contributed by atoms with E-state index < -0.39 is 6.09 Å². The second kappa shape index (κ2) is 6.12. The number of ether oxygens (including phenoxy) is 2. The summed E-state index contributed by atoms with van der Waals surface area (Å²) in [6, 6.07) is 11.4. The van der Waals surface area contributed by atoms with Crippen LogP contribution in [0.1, 0.15) is 34.0 Å². The van der Waals surface area contributed by atoms with Gasteiger partial charge in [0.05, 0.1) is 6.61 Å². The van der Waals surface area contributed by atoms with Crippen molar-refractivity contribution in [3.05, 3.63) is 58.7 Å². The fraction of sp³-hybridized carbons (Fsp3) is 0.263. The highest BCUT2D eigenvalue weighted by molar-refractivity contribution is 6.01. The molecular formula is C19H18N2O4. The summed E-state index contributed by atoms with van der Waals surface area (Å²) in [6.07, 6.45) is -0.515. The number of nitrogens with one attached hydrogen (secondary N) is 1. The topological polar surface area (TPSA) is 67.9 Å². The van der Waals surface area contributed by atoms with E-state index in [9.17, 15) is 9.59 Å². The average Bonchev–Trinajstić information content (AvgIpc) is 3.13. The molecule has 2 aliphatic rings. The van der Waals surface area contributed by atoms with Gasteiger partial charge in [0.25, 0.3) is 5.91 Å². The van der Waals surface area contributed by atoms with Gasteiger partial charge in [0.1, 0.15) is 12.4 Å². The average molecular weight is 338 g/mol. The molecule has 128 valence electrons. The minimum atomic E-state index is -0.515. The van der Waals surface area contributed by atoms with E-state index in [1.807, 2.05) is 18.2 Å². The maximum absolute atomic E-state index is 12.7. The highest BCUT2D eigenvalue weighted by Crippen LogP contribution is 2.33. The van der Waals surface area contributed by atoms with Crippen LogP contribution in [0.3, 0.4) is 0 Å². The molecule has 6 heteroatoms. The summed E-state index contributed by atoms with van der Waals surface area (Å²) in [7, 11) is 0. The number of carbonyl (C=O) groups is 2. The van der Waals surface area contributed by atoms with Crippen LogP contribution in [0.25, 0.3) is 0 Å². The Morgan fingerprint density at radius 1 is 1.32 bits per heavy atom. The highest BCUT2D eigenvalue weighted by Gasteiger charge is 2.30. The van der Waals surface area contributed by atoms with Gasteiger partial charge in [0.15, 0.2) is 0 Å². The summed E-state index contributed by atoms with van der Waals surface area (Å²) in [6.45, 7) is 3.56. The zero-order chi connectivity index (χ0) is 17.4. The minimum Gasteiger partial charge on any atom is -0.489 e. The summed E-state index contributed by atoms with van der Waals surface area (Å²) >= 11 is 0. The van der Waals surface area contributed by atoms with E-state index in [2.05, 4.69) is 5.32 Å². The molecule has 0 unspecified atom stereocenters. The van der Waals surface area contributed by atoms with Crippen molar-refractivity contribution in [2.24, 2.45) is 0 Å². The summed E-state index contributed by atoms with van der Waals surface area (Å²) < 4.78 is 10.6. The smallest absolute Gasteiger partial charge is 0.411 e. The third kappa shape index (κ3) is 2.80. The summed E-state index contributed by atoms with van der Waals surface area (Å²) in [5.74, 6) is 0.794. The van der Waals surface area contributed by atoms with Crippen molar-refractivity contribution >= 4 is 17.7 Å². The number of hydrogen-bond acceptors (Lipinski definition) is 4. The molecule has 2 aliphatic heterocycles. The molecule has 0 aliphatic carbocycles. The molecule has 25 heavy (non-hydrogen) atoms. The number of amides is 2. The van der Waals surface area contributed by atoms with Gasteiger partial charge in [0.2, 0.25) is 0 Å². The van der Waals surface area contributed by atoms with Crippen LogP contribution in [-0.4, -0.2) is 23.5 Å². The van der Waals surface area contributed by atoms with Crippen LogP contribution in [0.15, 0.2) is 36.4 Å². The van der Waals surface area contributed by atoms with Crippen LogP contribution in [0.4, 0.5) is 10.5 Å². The molecule has 4 rings (SSSR count). The molecule has 0 saturated heterocycles. The molecule has 0 radical (unpaired) electrons. The van der Waals surface area contributed by atoms with Gasteiger partial charge in [-0.2, -0.15) is 0 Å². The van der Waals surface area contributed by atoms with Crippen molar-refractivity contribution in [1.29, 1.82) is 0 Å². The molecule has 2 aromatic carbocycles. The summed E-state index contributed by atoms with van der Waals surface area (Å²) in [5, 5.41) is 2.71. The molecule has 0 saturated carbocycles. The quantitative estimate of drug-likeness (QED) is 0.929. The summed E-state index contributed by atoms with van der Waals surface area (Å²) in [4.78, 5) is 26.2. The lowest BCUT2D eigenvalue weighted by atomic mass is 10.1. The lowest BCUT2D eigenvalue weighted by molar-refractivity contribution is 0.0765. The first-order chi connectivity index (χ1) is 12.2. The molecule has 2 amide bonds. The molecule has 0 spiro atoms. The first-order valence-electron chi connectivity index (χ1n) is 8.25. The van der Waals surface area contributed by atoms with Crippen molar-refractivity contribution in [2.45, 2.75) is 26.6 Å². The van der Waals surface area contributed by atoms with E-state index in [0.717, 1.165) is 22.4 Å². The van der Waals surface area contributed by atoms with Gasteiger partial charge < -0.3 is 14.4 Å². The van der Waals surface area contributed by atoms with E-state index in [1.54, 1.807) is 30.0 Å². The van der Waals surface area contributed by atoms with E-state index in [0.29, 0.717) is 37.6 Å². The van der Waals surface area contributed by atoms with Gasteiger partial charge in [-0.3, -0.25) is 10.1 Å². The van der Waals surface area contributed by atoms with Gasteiger partial charge >= 0.3 is 6.09 Å². The van der Waals surface area contributed by atoms with Gasteiger partial charge in [-0.1, -0.05) is 18.2 Å². The third-order valence-electron chi connectivity index (χ3n) is 4.44. The number of rotatable bonds is 4. The molecule has 2 heterocycles. The van der Waals surface area contributed by atoms with Gasteiger partial charge in [-0.25, -0.2) is 4.79 Å².